The fourth-order valence-corrected chi connectivity index (χ4v) is 3.91. The second-order valence-corrected chi connectivity index (χ2v) is 8.19. The summed E-state index contributed by atoms with van der Waals surface area (Å²) in [5, 5.41) is 6.01. The molecule has 7 nitrogen and oxygen atoms in total. The molecule has 0 saturated heterocycles. The molecule has 0 heterocycles. The maximum absolute atomic E-state index is 12.4. The predicted molar refractivity (Wildman–Crippen MR) is 119 cm³/mol. The Morgan fingerprint density at radius 1 is 1.03 bits per heavy atom. The van der Waals surface area contributed by atoms with E-state index < -0.39 is 0 Å². The van der Waals surface area contributed by atoms with E-state index in [9.17, 15) is 9.59 Å². The van der Waals surface area contributed by atoms with Crippen molar-refractivity contribution < 1.29 is 19.1 Å². The number of likely N-dealkylation sites (N-methyl/N-ethyl adjacent to an activating group) is 1. The highest BCUT2D eigenvalue weighted by atomic mass is 16.5. The predicted octanol–water partition coefficient (Wildman–Crippen LogP) is 3.30. The number of nitrogens with zero attached hydrogens (tertiary/aromatic N) is 1. The lowest BCUT2D eigenvalue weighted by atomic mass is 9.78. The molecule has 2 amide bonds. The van der Waals surface area contributed by atoms with Crippen molar-refractivity contribution in [1.82, 2.24) is 10.2 Å². The standard InChI is InChI=1S/C23H37N3O4/c1-6-29-20-12-11-18(13-21(20)30-7-2)24-22(27)14-26(5)15-23(28)25-19-10-8-9-16(3)17(19)4/h11-13,16-17,19H,6-10,14-15H2,1-5H3,(H,24,27)(H,25,28)/t16-,17+,19+/m1/s1. The first-order valence-electron chi connectivity index (χ1n) is 11.0. The summed E-state index contributed by atoms with van der Waals surface area (Å²) < 4.78 is 11.1. The first-order valence-corrected chi connectivity index (χ1v) is 11.0. The molecule has 3 atom stereocenters. The molecule has 1 fully saturated rings. The van der Waals surface area contributed by atoms with Gasteiger partial charge in [-0.1, -0.05) is 26.7 Å². The van der Waals surface area contributed by atoms with Crippen LogP contribution in [0.5, 0.6) is 11.5 Å². The minimum absolute atomic E-state index is 0.0315. The number of rotatable bonds is 10. The normalized spacial score (nSPS) is 21.2. The minimum atomic E-state index is -0.184. The van der Waals surface area contributed by atoms with E-state index >= 15 is 0 Å². The second-order valence-electron chi connectivity index (χ2n) is 8.19. The van der Waals surface area contributed by atoms with Crippen molar-refractivity contribution in [2.24, 2.45) is 11.8 Å². The zero-order chi connectivity index (χ0) is 22.1. The average Bonchev–Trinajstić information content (AvgIpc) is 2.67. The van der Waals surface area contributed by atoms with Crippen LogP contribution in [0.4, 0.5) is 5.69 Å². The summed E-state index contributed by atoms with van der Waals surface area (Å²) in [5.74, 6) is 2.14. The quantitative estimate of drug-likeness (QED) is 0.608. The van der Waals surface area contributed by atoms with Crippen LogP contribution in [0.15, 0.2) is 18.2 Å². The molecule has 2 N–H and O–H groups in total. The van der Waals surface area contributed by atoms with Crippen molar-refractivity contribution in [2.75, 3.05) is 38.7 Å². The number of carbonyl (C=O) groups is 2. The highest BCUT2D eigenvalue weighted by Gasteiger charge is 2.28. The van der Waals surface area contributed by atoms with Crippen LogP contribution in [-0.2, 0) is 9.59 Å². The summed E-state index contributed by atoms with van der Waals surface area (Å²) in [6.07, 6.45) is 3.41. The van der Waals surface area contributed by atoms with E-state index in [0.29, 0.717) is 42.2 Å². The largest absolute Gasteiger partial charge is 0.490 e. The summed E-state index contributed by atoms with van der Waals surface area (Å²) in [5.41, 5.74) is 0.634. The van der Waals surface area contributed by atoms with Gasteiger partial charge in [0, 0.05) is 17.8 Å². The van der Waals surface area contributed by atoms with Crippen molar-refractivity contribution in [3.63, 3.8) is 0 Å². The van der Waals surface area contributed by atoms with Crippen molar-refractivity contribution >= 4 is 17.5 Å². The lowest BCUT2D eigenvalue weighted by Gasteiger charge is -2.34. The molecule has 1 saturated carbocycles. The summed E-state index contributed by atoms with van der Waals surface area (Å²) >= 11 is 0. The number of ether oxygens (including phenoxy) is 2. The smallest absolute Gasteiger partial charge is 0.238 e. The van der Waals surface area contributed by atoms with Crippen LogP contribution in [0.2, 0.25) is 0 Å². The molecule has 1 aromatic rings. The van der Waals surface area contributed by atoms with E-state index in [4.69, 9.17) is 9.47 Å². The van der Waals surface area contributed by atoms with Crippen molar-refractivity contribution in [3.8, 4) is 11.5 Å². The second kappa shape index (κ2) is 11.8. The van der Waals surface area contributed by atoms with Gasteiger partial charge in [-0.3, -0.25) is 14.5 Å². The van der Waals surface area contributed by atoms with Crippen LogP contribution < -0.4 is 20.1 Å². The van der Waals surface area contributed by atoms with Gasteiger partial charge in [-0.2, -0.15) is 0 Å². The molecule has 2 rings (SSSR count). The topological polar surface area (TPSA) is 79.9 Å². The average molecular weight is 420 g/mol. The summed E-state index contributed by atoms with van der Waals surface area (Å²) in [7, 11) is 1.77. The van der Waals surface area contributed by atoms with Gasteiger partial charge < -0.3 is 20.1 Å². The molecule has 168 valence electrons. The number of hydrogen-bond acceptors (Lipinski definition) is 5. The maximum Gasteiger partial charge on any atom is 0.238 e. The highest BCUT2D eigenvalue weighted by molar-refractivity contribution is 5.93. The van der Waals surface area contributed by atoms with Gasteiger partial charge >= 0.3 is 0 Å². The van der Waals surface area contributed by atoms with Crippen LogP contribution in [-0.4, -0.2) is 56.1 Å². The summed E-state index contributed by atoms with van der Waals surface area (Å²) in [4.78, 5) is 26.5. The molecule has 1 aromatic carbocycles. The van der Waals surface area contributed by atoms with Gasteiger partial charge in [0.1, 0.15) is 0 Å². The lowest BCUT2D eigenvalue weighted by molar-refractivity contribution is -0.124. The van der Waals surface area contributed by atoms with Crippen LogP contribution in [0.25, 0.3) is 0 Å². The van der Waals surface area contributed by atoms with Gasteiger partial charge in [0.15, 0.2) is 11.5 Å². The Hall–Kier alpha value is -2.28. The van der Waals surface area contributed by atoms with Gasteiger partial charge in [-0.05, 0) is 51.3 Å². The third-order valence-corrected chi connectivity index (χ3v) is 5.71. The Labute approximate surface area is 180 Å². The van der Waals surface area contributed by atoms with E-state index in [-0.39, 0.29) is 30.9 Å². The fourth-order valence-electron chi connectivity index (χ4n) is 3.91. The van der Waals surface area contributed by atoms with Crippen LogP contribution >= 0.6 is 0 Å². The summed E-state index contributed by atoms with van der Waals surface area (Å²) in [6.45, 7) is 9.63. The zero-order valence-electron chi connectivity index (χ0n) is 19.0. The van der Waals surface area contributed by atoms with Gasteiger partial charge in [0.2, 0.25) is 11.8 Å². The monoisotopic (exact) mass is 419 g/mol. The molecule has 1 aliphatic rings. The Kier molecular flexibility index (Phi) is 9.43. The molecule has 0 bridgehead atoms. The number of anilines is 1. The third kappa shape index (κ3) is 7.20. The summed E-state index contributed by atoms with van der Waals surface area (Å²) in [6, 6.07) is 5.55. The molecule has 0 radical (unpaired) electrons. The first-order chi connectivity index (χ1) is 14.3. The van der Waals surface area contributed by atoms with Gasteiger partial charge in [0.05, 0.1) is 26.3 Å². The number of hydrogen-bond donors (Lipinski definition) is 2. The fraction of sp³-hybridized carbons (Fsp3) is 0.652. The van der Waals surface area contributed by atoms with E-state index in [1.54, 1.807) is 30.1 Å². The van der Waals surface area contributed by atoms with Crippen molar-refractivity contribution in [2.45, 2.75) is 53.0 Å². The maximum atomic E-state index is 12.4. The molecule has 7 heteroatoms. The van der Waals surface area contributed by atoms with Gasteiger partial charge in [0.25, 0.3) is 0 Å². The number of amides is 2. The zero-order valence-corrected chi connectivity index (χ0v) is 19.0. The van der Waals surface area contributed by atoms with Gasteiger partial charge in [-0.25, -0.2) is 0 Å². The van der Waals surface area contributed by atoms with E-state index in [0.717, 1.165) is 12.8 Å². The highest BCUT2D eigenvalue weighted by Crippen LogP contribution is 2.31. The van der Waals surface area contributed by atoms with E-state index in [2.05, 4.69) is 24.5 Å². The van der Waals surface area contributed by atoms with Crippen molar-refractivity contribution in [3.05, 3.63) is 18.2 Å². The molecule has 0 spiro atoms. The molecule has 0 aliphatic heterocycles. The minimum Gasteiger partial charge on any atom is -0.490 e. The van der Waals surface area contributed by atoms with Gasteiger partial charge in [-0.15, -0.1) is 0 Å². The Morgan fingerprint density at radius 3 is 2.40 bits per heavy atom. The number of benzene rings is 1. The molecular formula is C23H37N3O4. The lowest BCUT2D eigenvalue weighted by Crippen LogP contribution is -2.47. The molecule has 1 aliphatic carbocycles. The van der Waals surface area contributed by atoms with E-state index in [1.807, 2.05) is 13.8 Å². The molecule has 0 aromatic heterocycles. The number of carbonyl (C=O) groups excluding carboxylic acids is 2. The number of nitrogens with one attached hydrogen (secondary N) is 2. The molecular weight excluding hydrogens is 382 g/mol. The molecule has 30 heavy (non-hydrogen) atoms. The van der Waals surface area contributed by atoms with Crippen LogP contribution in [0.1, 0.15) is 47.0 Å². The Balaban J connectivity index is 1.84. The van der Waals surface area contributed by atoms with E-state index in [1.165, 1.54) is 6.42 Å². The molecule has 0 unspecified atom stereocenters. The Morgan fingerprint density at radius 2 is 1.70 bits per heavy atom. The first kappa shape index (κ1) is 24.0. The van der Waals surface area contributed by atoms with Crippen LogP contribution in [0, 0.1) is 11.8 Å². The van der Waals surface area contributed by atoms with Crippen LogP contribution in [0.3, 0.4) is 0 Å². The Bertz CT molecular complexity index is 710. The van der Waals surface area contributed by atoms with Crippen molar-refractivity contribution in [1.29, 1.82) is 0 Å². The SMILES string of the molecule is CCOc1ccc(NC(=O)CN(C)CC(=O)N[C@H]2CCC[C@@H](C)[C@@H]2C)cc1OCC. The third-order valence-electron chi connectivity index (χ3n) is 5.71.